The third kappa shape index (κ3) is 6.24. The van der Waals surface area contributed by atoms with E-state index in [1.54, 1.807) is 30.3 Å². The van der Waals surface area contributed by atoms with Gasteiger partial charge in [0.05, 0.1) is 0 Å². The van der Waals surface area contributed by atoms with E-state index < -0.39 is 29.3 Å². The van der Waals surface area contributed by atoms with Gasteiger partial charge < -0.3 is 40.2 Å². The van der Waals surface area contributed by atoms with Crippen LogP contribution in [0.5, 0.6) is 23.0 Å². The number of nitrogens with one attached hydrogen (secondary N) is 4. The molecule has 50 heavy (non-hydrogen) atoms. The standard InChI is InChI=1S/C32H28F6N8O4/c33-31(34,35)19-11-40-30(45-27(19)41-15-1-7-23-25(9-15)49-13-47-23)44-22-6-4-18(22)17-3-5-21(17)43-28-20(32(36,37)38)12-39-29(46-28)42-16-2-8-24-26(10-16)50-14-48-24/h1-2,7-12,17-18,21-22H,3-6,13-14H2,(H2,39,42,43,46)(H2,40,41,44,45). The molecule has 4 unspecified atom stereocenters. The van der Waals surface area contributed by atoms with Crippen LogP contribution >= 0.6 is 0 Å². The lowest BCUT2D eigenvalue weighted by molar-refractivity contribution is -0.138. The van der Waals surface area contributed by atoms with Crippen molar-refractivity contribution in [1.29, 1.82) is 0 Å². The normalized spacial score (nSPS) is 22.0. The zero-order chi connectivity index (χ0) is 34.6. The van der Waals surface area contributed by atoms with Crippen LogP contribution in [-0.4, -0.2) is 45.6 Å². The molecule has 12 nitrogen and oxygen atoms in total. The van der Waals surface area contributed by atoms with Gasteiger partial charge in [-0.15, -0.1) is 0 Å². The monoisotopic (exact) mass is 702 g/mol. The lowest BCUT2D eigenvalue weighted by Crippen LogP contribution is -2.52. The molecule has 2 aromatic carbocycles. The largest absolute Gasteiger partial charge is 0.454 e. The number of alkyl halides is 6. The third-order valence-corrected chi connectivity index (χ3v) is 9.29. The van der Waals surface area contributed by atoms with Crippen molar-refractivity contribution in [3.8, 4) is 23.0 Å². The number of nitrogens with zero attached hydrogens (tertiary/aromatic N) is 4. The predicted molar refractivity (Wildman–Crippen MR) is 166 cm³/mol. The van der Waals surface area contributed by atoms with Gasteiger partial charge in [0.15, 0.2) is 23.0 Å². The van der Waals surface area contributed by atoms with Gasteiger partial charge in [0.1, 0.15) is 22.8 Å². The maximum atomic E-state index is 14.0. The van der Waals surface area contributed by atoms with E-state index in [0.29, 0.717) is 47.2 Å². The van der Waals surface area contributed by atoms with Gasteiger partial charge >= 0.3 is 12.4 Å². The molecule has 2 aromatic heterocycles. The van der Waals surface area contributed by atoms with Crippen LogP contribution in [0, 0.1) is 11.8 Å². The molecule has 4 atom stereocenters. The van der Waals surface area contributed by atoms with Crippen LogP contribution in [0.1, 0.15) is 36.8 Å². The number of anilines is 6. The maximum Gasteiger partial charge on any atom is 0.421 e. The van der Waals surface area contributed by atoms with Gasteiger partial charge in [-0.1, -0.05) is 0 Å². The summed E-state index contributed by atoms with van der Waals surface area (Å²) in [5.74, 6) is 1.05. The number of halogens is 6. The molecule has 0 saturated heterocycles. The fourth-order valence-corrected chi connectivity index (χ4v) is 6.50. The minimum absolute atomic E-state index is 0.00540. The molecule has 2 aliphatic carbocycles. The Morgan fingerprint density at radius 3 is 1.62 bits per heavy atom. The van der Waals surface area contributed by atoms with Gasteiger partial charge in [0, 0.05) is 48.0 Å². The van der Waals surface area contributed by atoms with Crippen molar-refractivity contribution in [3.05, 3.63) is 59.9 Å². The first-order valence-electron chi connectivity index (χ1n) is 15.7. The van der Waals surface area contributed by atoms with Crippen molar-refractivity contribution in [2.45, 2.75) is 50.1 Å². The first kappa shape index (κ1) is 31.8. The number of hydrogen-bond acceptors (Lipinski definition) is 12. The van der Waals surface area contributed by atoms with Gasteiger partial charge in [-0.25, -0.2) is 9.97 Å². The van der Waals surface area contributed by atoms with Crippen molar-refractivity contribution < 1.29 is 45.3 Å². The number of hydrogen-bond donors (Lipinski definition) is 4. The SMILES string of the molecule is FC(F)(F)c1cnc(NC2CCC2C2CCC2Nc2nc(Nc3ccc4c(c3)OCO4)ncc2C(F)(F)F)nc1Nc1ccc2c(c1)OCO2. The highest BCUT2D eigenvalue weighted by atomic mass is 19.4. The number of ether oxygens (including phenoxy) is 4. The van der Waals surface area contributed by atoms with Crippen molar-refractivity contribution in [3.63, 3.8) is 0 Å². The van der Waals surface area contributed by atoms with Crippen molar-refractivity contribution >= 4 is 34.9 Å². The van der Waals surface area contributed by atoms with Crippen LogP contribution in [0.15, 0.2) is 48.8 Å². The average molecular weight is 703 g/mol. The molecule has 2 fully saturated rings. The molecule has 0 radical (unpaired) electrons. The minimum atomic E-state index is -4.73. The quantitative estimate of drug-likeness (QED) is 0.130. The molecule has 4 aliphatic rings. The van der Waals surface area contributed by atoms with Gasteiger partial charge in [-0.2, -0.15) is 36.3 Å². The van der Waals surface area contributed by atoms with E-state index in [1.807, 2.05) is 0 Å². The lowest BCUT2D eigenvalue weighted by Gasteiger charge is -2.50. The van der Waals surface area contributed by atoms with E-state index in [4.69, 9.17) is 18.9 Å². The second-order valence-corrected chi connectivity index (χ2v) is 12.3. The summed E-state index contributed by atoms with van der Waals surface area (Å²) < 4.78 is 105. The van der Waals surface area contributed by atoms with E-state index in [2.05, 4.69) is 41.2 Å². The molecule has 0 amide bonds. The molecule has 4 aromatic rings. The second-order valence-electron chi connectivity index (χ2n) is 12.3. The topological polar surface area (TPSA) is 137 Å². The van der Waals surface area contributed by atoms with Crippen molar-refractivity contribution in [2.75, 3.05) is 34.9 Å². The van der Waals surface area contributed by atoms with Crippen LogP contribution in [0.4, 0.5) is 61.2 Å². The summed E-state index contributed by atoms with van der Waals surface area (Å²) in [6.07, 6.45) is -5.15. The van der Waals surface area contributed by atoms with Crippen LogP contribution in [0.3, 0.4) is 0 Å². The van der Waals surface area contributed by atoms with E-state index >= 15 is 0 Å². The van der Waals surface area contributed by atoms with Crippen LogP contribution in [-0.2, 0) is 12.4 Å². The molecule has 262 valence electrons. The first-order valence-corrected chi connectivity index (χ1v) is 15.7. The van der Waals surface area contributed by atoms with Gasteiger partial charge in [-0.05, 0) is 61.8 Å². The molecule has 8 rings (SSSR count). The molecule has 4 N–H and O–H groups in total. The summed E-state index contributed by atoms with van der Waals surface area (Å²) in [5, 5.41) is 11.8. The van der Waals surface area contributed by atoms with Gasteiger partial charge in [0.25, 0.3) is 0 Å². The molecule has 2 aliphatic heterocycles. The number of benzene rings is 2. The number of rotatable bonds is 9. The summed E-state index contributed by atoms with van der Waals surface area (Å²) in [4.78, 5) is 16.2. The zero-order valence-electron chi connectivity index (χ0n) is 25.9. The van der Waals surface area contributed by atoms with Crippen molar-refractivity contribution in [1.82, 2.24) is 19.9 Å². The van der Waals surface area contributed by atoms with Crippen molar-refractivity contribution in [2.24, 2.45) is 11.8 Å². The number of fused-ring (bicyclic) bond motifs is 2. The van der Waals surface area contributed by atoms with Gasteiger partial charge in [0.2, 0.25) is 25.5 Å². The molecular formula is C32H28F6N8O4. The highest BCUT2D eigenvalue weighted by Gasteiger charge is 2.46. The molecule has 2 saturated carbocycles. The smallest absolute Gasteiger partial charge is 0.421 e. The lowest BCUT2D eigenvalue weighted by atomic mass is 9.61. The minimum Gasteiger partial charge on any atom is -0.454 e. The fourth-order valence-electron chi connectivity index (χ4n) is 6.50. The zero-order valence-corrected chi connectivity index (χ0v) is 25.9. The highest BCUT2D eigenvalue weighted by molar-refractivity contribution is 5.65. The van der Waals surface area contributed by atoms with Crippen LogP contribution in [0.25, 0.3) is 0 Å². The number of aromatic nitrogens is 4. The molecular weight excluding hydrogens is 674 g/mol. The molecule has 0 spiro atoms. The van der Waals surface area contributed by atoms with E-state index in [0.717, 1.165) is 25.2 Å². The molecule has 18 heteroatoms. The van der Waals surface area contributed by atoms with E-state index in [1.165, 1.54) is 6.07 Å². The molecule has 0 bridgehead atoms. The Morgan fingerprint density at radius 1 is 0.560 bits per heavy atom. The summed E-state index contributed by atoms with van der Waals surface area (Å²) in [5.41, 5.74) is -1.23. The first-order chi connectivity index (χ1) is 24.0. The summed E-state index contributed by atoms with van der Waals surface area (Å²) in [7, 11) is 0. The summed E-state index contributed by atoms with van der Waals surface area (Å²) in [6.45, 7) is 0.0820. The Kier molecular flexibility index (Phi) is 7.75. The average Bonchev–Trinajstić information content (AvgIpc) is 3.72. The maximum absolute atomic E-state index is 14.0. The Morgan fingerprint density at radius 2 is 1.06 bits per heavy atom. The molecule has 4 heterocycles. The Balaban J connectivity index is 0.968. The predicted octanol–water partition coefficient (Wildman–Crippen LogP) is 7.33. The van der Waals surface area contributed by atoms with Crippen LogP contribution < -0.4 is 40.2 Å². The third-order valence-electron chi connectivity index (χ3n) is 9.29. The summed E-state index contributed by atoms with van der Waals surface area (Å²) in [6, 6.07) is 9.10. The second kappa shape index (κ2) is 12.2. The van der Waals surface area contributed by atoms with E-state index in [-0.39, 0.29) is 55.2 Å². The van der Waals surface area contributed by atoms with E-state index in [9.17, 15) is 26.3 Å². The fraction of sp³-hybridized carbons (Fsp3) is 0.375. The van der Waals surface area contributed by atoms with Crippen LogP contribution in [0.2, 0.25) is 0 Å². The Labute approximate surface area is 279 Å². The Hall–Kier alpha value is -5.42. The Bertz CT molecular complexity index is 1930. The van der Waals surface area contributed by atoms with Gasteiger partial charge in [-0.3, -0.25) is 0 Å². The summed E-state index contributed by atoms with van der Waals surface area (Å²) >= 11 is 0. The highest BCUT2D eigenvalue weighted by Crippen LogP contribution is 2.47.